The molecule has 3 aromatic rings. The van der Waals surface area contributed by atoms with Crippen molar-refractivity contribution in [3.05, 3.63) is 63.9 Å². The monoisotopic (exact) mass is 300 g/mol. The fourth-order valence-electron chi connectivity index (χ4n) is 1.97. The van der Waals surface area contributed by atoms with Crippen LogP contribution in [0.25, 0.3) is 10.6 Å². The molecule has 6 nitrogen and oxygen atoms in total. The molecule has 0 aliphatic heterocycles. The van der Waals surface area contributed by atoms with E-state index in [-0.39, 0.29) is 5.69 Å². The molecule has 0 fully saturated rings. The number of thiophene rings is 1. The minimum absolute atomic E-state index is 0.0579. The molecule has 7 heteroatoms. The molecule has 21 heavy (non-hydrogen) atoms. The van der Waals surface area contributed by atoms with Crippen LogP contribution in [-0.2, 0) is 6.54 Å². The lowest BCUT2D eigenvalue weighted by Crippen LogP contribution is -2.03. The molecule has 0 atom stereocenters. The van der Waals surface area contributed by atoms with Crippen molar-refractivity contribution in [1.29, 1.82) is 0 Å². The minimum Gasteiger partial charge on any atom is -0.372 e. The summed E-state index contributed by atoms with van der Waals surface area (Å²) in [5.74, 6) is 0.733. The van der Waals surface area contributed by atoms with Gasteiger partial charge in [-0.05, 0) is 17.5 Å². The number of nitrogens with one attached hydrogen (secondary N) is 2. The molecule has 0 radical (unpaired) electrons. The number of anilines is 1. The van der Waals surface area contributed by atoms with Gasteiger partial charge in [-0.25, -0.2) is 4.98 Å². The van der Waals surface area contributed by atoms with Crippen molar-refractivity contribution < 1.29 is 4.92 Å². The van der Waals surface area contributed by atoms with Crippen LogP contribution >= 0.6 is 11.3 Å². The van der Waals surface area contributed by atoms with Gasteiger partial charge in [0.05, 0.1) is 28.2 Å². The molecule has 1 aromatic carbocycles. The van der Waals surface area contributed by atoms with E-state index >= 15 is 0 Å². The lowest BCUT2D eigenvalue weighted by molar-refractivity contribution is -0.384. The van der Waals surface area contributed by atoms with Crippen molar-refractivity contribution in [2.24, 2.45) is 0 Å². The zero-order valence-electron chi connectivity index (χ0n) is 10.9. The number of para-hydroxylation sites is 2. The van der Waals surface area contributed by atoms with Gasteiger partial charge in [-0.3, -0.25) is 10.1 Å². The fourth-order valence-corrected chi connectivity index (χ4v) is 2.66. The standard InChI is InChI=1S/C14H12N4O2S/c19-18(20)12-5-2-1-4-10(12)15-9-14-16-8-11(17-14)13-6-3-7-21-13/h1-8,15H,9H2,(H,16,17). The van der Waals surface area contributed by atoms with Crippen LogP contribution in [0, 0.1) is 10.1 Å². The third-order valence-electron chi connectivity index (χ3n) is 2.96. The molecule has 0 saturated carbocycles. The first kappa shape index (κ1) is 13.3. The van der Waals surface area contributed by atoms with Crippen molar-refractivity contribution in [3.63, 3.8) is 0 Å². The van der Waals surface area contributed by atoms with Crippen LogP contribution < -0.4 is 5.32 Å². The molecule has 2 aromatic heterocycles. The van der Waals surface area contributed by atoms with Crippen molar-refractivity contribution >= 4 is 22.7 Å². The highest BCUT2D eigenvalue weighted by Crippen LogP contribution is 2.25. The predicted molar refractivity (Wildman–Crippen MR) is 82.3 cm³/mol. The smallest absolute Gasteiger partial charge is 0.292 e. The van der Waals surface area contributed by atoms with E-state index in [1.807, 2.05) is 17.5 Å². The second-order valence-corrected chi connectivity index (χ2v) is 5.30. The molecule has 106 valence electrons. The second-order valence-electron chi connectivity index (χ2n) is 4.35. The van der Waals surface area contributed by atoms with Gasteiger partial charge in [0, 0.05) is 6.07 Å². The number of rotatable bonds is 5. The Morgan fingerprint density at radius 3 is 2.90 bits per heavy atom. The average Bonchev–Trinajstić information content (AvgIpc) is 3.16. The molecule has 2 N–H and O–H groups in total. The van der Waals surface area contributed by atoms with E-state index in [9.17, 15) is 10.1 Å². The van der Waals surface area contributed by atoms with Crippen LogP contribution in [0.15, 0.2) is 48.0 Å². The highest BCUT2D eigenvalue weighted by Gasteiger charge is 2.12. The Kier molecular flexibility index (Phi) is 3.65. The number of aromatic amines is 1. The molecule has 0 saturated heterocycles. The predicted octanol–water partition coefficient (Wildman–Crippen LogP) is 3.66. The molecule has 0 aliphatic carbocycles. The highest BCUT2D eigenvalue weighted by atomic mass is 32.1. The Morgan fingerprint density at radius 2 is 2.14 bits per heavy atom. The summed E-state index contributed by atoms with van der Waals surface area (Å²) in [5, 5.41) is 16.0. The first-order chi connectivity index (χ1) is 10.2. The summed E-state index contributed by atoms with van der Waals surface area (Å²) < 4.78 is 0. The largest absolute Gasteiger partial charge is 0.372 e. The quantitative estimate of drug-likeness (QED) is 0.556. The summed E-state index contributed by atoms with van der Waals surface area (Å²) in [4.78, 5) is 19.1. The number of hydrogen-bond acceptors (Lipinski definition) is 5. The fraction of sp³-hybridized carbons (Fsp3) is 0.0714. The van der Waals surface area contributed by atoms with Gasteiger partial charge >= 0.3 is 0 Å². The maximum Gasteiger partial charge on any atom is 0.292 e. The minimum atomic E-state index is -0.401. The molecule has 0 aliphatic rings. The number of nitro groups is 1. The van der Waals surface area contributed by atoms with E-state index in [0.717, 1.165) is 16.4 Å². The van der Waals surface area contributed by atoms with Gasteiger partial charge in [0.2, 0.25) is 0 Å². The zero-order valence-corrected chi connectivity index (χ0v) is 11.8. The van der Waals surface area contributed by atoms with Crippen molar-refractivity contribution in [2.75, 3.05) is 5.32 Å². The summed E-state index contributed by atoms with van der Waals surface area (Å²) >= 11 is 1.63. The highest BCUT2D eigenvalue weighted by molar-refractivity contribution is 7.13. The molecular formula is C14H12N4O2S. The summed E-state index contributed by atoms with van der Waals surface area (Å²) in [6.45, 7) is 0.399. The third-order valence-corrected chi connectivity index (χ3v) is 3.87. The van der Waals surface area contributed by atoms with Gasteiger partial charge in [0.15, 0.2) is 0 Å². The Hall–Kier alpha value is -2.67. The number of benzene rings is 1. The van der Waals surface area contributed by atoms with Crippen LogP contribution in [0.2, 0.25) is 0 Å². The van der Waals surface area contributed by atoms with Crippen LogP contribution in [0.1, 0.15) is 5.82 Å². The molecule has 0 unspecified atom stereocenters. The number of H-pyrrole nitrogens is 1. The molecular weight excluding hydrogens is 288 g/mol. The van der Waals surface area contributed by atoms with E-state index in [4.69, 9.17) is 0 Å². The summed E-state index contributed by atoms with van der Waals surface area (Å²) in [6, 6.07) is 10.5. The van der Waals surface area contributed by atoms with Gasteiger partial charge in [0.1, 0.15) is 11.5 Å². The third kappa shape index (κ3) is 2.92. The van der Waals surface area contributed by atoms with E-state index in [0.29, 0.717) is 12.2 Å². The zero-order chi connectivity index (χ0) is 14.7. The van der Waals surface area contributed by atoms with Crippen LogP contribution in [0.5, 0.6) is 0 Å². The number of aromatic nitrogens is 2. The number of hydrogen-bond donors (Lipinski definition) is 2. The molecule has 0 spiro atoms. The van der Waals surface area contributed by atoms with Gasteiger partial charge < -0.3 is 10.3 Å². The van der Waals surface area contributed by atoms with E-state index in [1.165, 1.54) is 6.07 Å². The Morgan fingerprint density at radius 1 is 1.29 bits per heavy atom. The Bertz CT molecular complexity index is 752. The van der Waals surface area contributed by atoms with Crippen LogP contribution in [0.4, 0.5) is 11.4 Å². The molecule has 0 amide bonds. The SMILES string of the molecule is O=[N+]([O-])c1ccccc1NCc1ncc(-c2cccs2)[nH]1. The van der Waals surface area contributed by atoms with Crippen molar-refractivity contribution in [3.8, 4) is 10.6 Å². The van der Waals surface area contributed by atoms with Gasteiger partial charge in [-0.15, -0.1) is 11.3 Å². The summed E-state index contributed by atoms with van der Waals surface area (Å²) in [7, 11) is 0. The maximum atomic E-state index is 10.9. The summed E-state index contributed by atoms with van der Waals surface area (Å²) in [6.07, 6.45) is 1.77. The first-order valence-electron chi connectivity index (χ1n) is 6.29. The van der Waals surface area contributed by atoms with Gasteiger partial charge in [-0.2, -0.15) is 0 Å². The first-order valence-corrected chi connectivity index (χ1v) is 7.17. The maximum absolute atomic E-state index is 10.9. The molecule has 2 heterocycles. The van der Waals surface area contributed by atoms with Crippen LogP contribution in [-0.4, -0.2) is 14.9 Å². The molecule has 0 bridgehead atoms. The Balaban J connectivity index is 1.73. The van der Waals surface area contributed by atoms with Crippen molar-refractivity contribution in [2.45, 2.75) is 6.54 Å². The Labute approximate surface area is 124 Å². The van der Waals surface area contributed by atoms with Crippen molar-refractivity contribution in [1.82, 2.24) is 9.97 Å². The number of imidazole rings is 1. The van der Waals surface area contributed by atoms with E-state index in [2.05, 4.69) is 15.3 Å². The topological polar surface area (TPSA) is 83.8 Å². The lowest BCUT2D eigenvalue weighted by Gasteiger charge is -2.04. The van der Waals surface area contributed by atoms with E-state index in [1.54, 1.807) is 35.7 Å². The normalized spacial score (nSPS) is 10.5. The van der Waals surface area contributed by atoms with E-state index < -0.39 is 4.92 Å². The van der Waals surface area contributed by atoms with Gasteiger partial charge in [0.25, 0.3) is 5.69 Å². The molecule has 3 rings (SSSR count). The number of nitrogens with zero attached hydrogens (tertiary/aromatic N) is 2. The second kappa shape index (κ2) is 5.76. The lowest BCUT2D eigenvalue weighted by atomic mass is 10.2. The van der Waals surface area contributed by atoms with Gasteiger partial charge in [-0.1, -0.05) is 18.2 Å². The number of nitro benzene ring substituents is 1. The van der Waals surface area contributed by atoms with Crippen LogP contribution in [0.3, 0.4) is 0 Å². The average molecular weight is 300 g/mol. The summed E-state index contributed by atoms with van der Waals surface area (Å²) in [5.41, 5.74) is 1.49.